The minimum absolute atomic E-state index is 0.788. The van der Waals surface area contributed by atoms with Gasteiger partial charge in [-0.25, -0.2) is 0 Å². The van der Waals surface area contributed by atoms with Gasteiger partial charge in [-0.3, -0.25) is 4.57 Å². The fourth-order valence-corrected chi connectivity index (χ4v) is 3.99. The smallest absolute Gasteiger partial charge is 0.196 e. The predicted molar refractivity (Wildman–Crippen MR) is 121 cm³/mol. The first-order valence-electron chi connectivity index (χ1n) is 9.60. The van der Waals surface area contributed by atoms with E-state index < -0.39 is 0 Å². The second kappa shape index (κ2) is 9.05. The van der Waals surface area contributed by atoms with Crippen LogP contribution < -0.4 is 9.47 Å². The van der Waals surface area contributed by atoms with Crippen molar-refractivity contribution in [2.45, 2.75) is 17.8 Å². The zero-order chi connectivity index (χ0) is 20.9. The van der Waals surface area contributed by atoms with Gasteiger partial charge in [-0.05, 0) is 61.0 Å². The van der Waals surface area contributed by atoms with E-state index in [9.17, 15) is 0 Å². The van der Waals surface area contributed by atoms with Crippen molar-refractivity contribution >= 4 is 11.8 Å². The number of nitrogens with zero attached hydrogens (tertiary/aromatic N) is 3. The first kappa shape index (κ1) is 20.0. The Balaban J connectivity index is 1.68. The van der Waals surface area contributed by atoms with Crippen molar-refractivity contribution in [1.29, 1.82) is 0 Å². The van der Waals surface area contributed by atoms with Crippen LogP contribution in [-0.4, -0.2) is 29.0 Å². The summed E-state index contributed by atoms with van der Waals surface area (Å²) in [5.41, 5.74) is 4.43. The first-order valence-corrected chi connectivity index (χ1v) is 10.6. The largest absolute Gasteiger partial charge is 0.497 e. The maximum atomic E-state index is 5.29. The van der Waals surface area contributed by atoms with Crippen molar-refractivity contribution in [1.82, 2.24) is 14.8 Å². The molecule has 152 valence electrons. The summed E-state index contributed by atoms with van der Waals surface area (Å²) in [4.78, 5) is 0. The van der Waals surface area contributed by atoms with E-state index in [0.717, 1.165) is 39.5 Å². The molecule has 0 unspecified atom stereocenters. The van der Waals surface area contributed by atoms with Gasteiger partial charge in [-0.2, -0.15) is 0 Å². The molecular weight excluding hydrogens is 394 g/mol. The highest BCUT2D eigenvalue weighted by molar-refractivity contribution is 7.98. The highest BCUT2D eigenvalue weighted by atomic mass is 32.2. The van der Waals surface area contributed by atoms with Crippen molar-refractivity contribution in [3.05, 3.63) is 83.9 Å². The molecule has 0 amide bonds. The van der Waals surface area contributed by atoms with Gasteiger partial charge in [0.1, 0.15) is 11.5 Å². The summed E-state index contributed by atoms with van der Waals surface area (Å²) in [5, 5.41) is 9.86. The second-order valence-corrected chi connectivity index (χ2v) is 7.78. The quantitative estimate of drug-likeness (QED) is 0.369. The van der Waals surface area contributed by atoms with E-state index in [0.29, 0.717) is 0 Å². The van der Waals surface area contributed by atoms with E-state index in [4.69, 9.17) is 9.47 Å². The molecule has 0 aliphatic rings. The van der Waals surface area contributed by atoms with E-state index in [1.807, 2.05) is 36.4 Å². The third-order valence-electron chi connectivity index (χ3n) is 4.80. The summed E-state index contributed by atoms with van der Waals surface area (Å²) in [7, 11) is 3.34. The van der Waals surface area contributed by atoms with Gasteiger partial charge in [0.25, 0.3) is 0 Å². The molecule has 0 spiro atoms. The number of methoxy groups -OCH3 is 2. The summed E-state index contributed by atoms with van der Waals surface area (Å²) in [6.07, 6.45) is 0. The number of aromatic nitrogens is 3. The van der Waals surface area contributed by atoms with Crippen molar-refractivity contribution in [3.8, 4) is 28.6 Å². The molecule has 4 aromatic rings. The number of rotatable bonds is 7. The predicted octanol–water partition coefficient (Wildman–Crippen LogP) is 5.55. The van der Waals surface area contributed by atoms with Crippen LogP contribution in [-0.2, 0) is 5.75 Å². The summed E-state index contributed by atoms with van der Waals surface area (Å²) in [6.45, 7) is 2.08. The molecular formula is C24H23N3O2S. The lowest BCUT2D eigenvalue weighted by molar-refractivity contribution is 0.414. The van der Waals surface area contributed by atoms with E-state index in [1.165, 1.54) is 11.1 Å². The molecule has 0 radical (unpaired) electrons. The summed E-state index contributed by atoms with van der Waals surface area (Å²) >= 11 is 1.66. The standard InChI is InChI=1S/C24H23N3O2S/c1-17-4-10-20(11-5-17)27-23(19-8-14-22(29-3)15-9-19)25-26-24(27)30-16-18-6-12-21(28-2)13-7-18/h4-15H,16H2,1-3H3. The zero-order valence-corrected chi connectivity index (χ0v) is 18.0. The van der Waals surface area contributed by atoms with Crippen LogP contribution in [0.15, 0.2) is 78.0 Å². The van der Waals surface area contributed by atoms with E-state index in [1.54, 1.807) is 26.0 Å². The average Bonchev–Trinajstić information content (AvgIpc) is 3.22. The number of aryl methyl sites for hydroxylation is 1. The molecule has 30 heavy (non-hydrogen) atoms. The SMILES string of the molecule is COc1ccc(CSc2nnc(-c3ccc(OC)cc3)n2-c2ccc(C)cc2)cc1. The highest BCUT2D eigenvalue weighted by Crippen LogP contribution is 2.31. The fraction of sp³-hybridized carbons (Fsp3) is 0.167. The average molecular weight is 418 g/mol. The Kier molecular flexibility index (Phi) is 6.05. The van der Waals surface area contributed by atoms with Gasteiger partial charge in [0.2, 0.25) is 0 Å². The molecule has 0 aliphatic carbocycles. The summed E-state index contributed by atoms with van der Waals surface area (Å²) in [6, 6.07) is 24.4. The molecule has 5 nitrogen and oxygen atoms in total. The lowest BCUT2D eigenvalue weighted by Crippen LogP contribution is -2.00. The summed E-state index contributed by atoms with van der Waals surface area (Å²) < 4.78 is 12.6. The van der Waals surface area contributed by atoms with Crippen LogP contribution in [0.3, 0.4) is 0 Å². The van der Waals surface area contributed by atoms with Gasteiger partial charge < -0.3 is 9.47 Å². The van der Waals surface area contributed by atoms with Crippen LogP contribution in [0.5, 0.6) is 11.5 Å². The number of thioether (sulfide) groups is 1. The van der Waals surface area contributed by atoms with Crippen molar-refractivity contribution in [2.75, 3.05) is 14.2 Å². The minimum atomic E-state index is 0.788. The molecule has 1 aromatic heterocycles. The highest BCUT2D eigenvalue weighted by Gasteiger charge is 2.16. The molecule has 4 rings (SSSR count). The molecule has 0 saturated carbocycles. The maximum absolute atomic E-state index is 5.29. The second-order valence-electron chi connectivity index (χ2n) is 6.84. The molecule has 6 heteroatoms. The lowest BCUT2D eigenvalue weighted by Gasteiger charge is -2.11. The van der Waals surface area contributed by atoms with Crippen LogP contribution in [0.25, 0.3) is 17.1 Å². The van der Waals surface area contributed by atoms with Crippen LogP contribution in [0.4, 0.5) is 0 Å². The van der Waals surface area contributed by atoms with Crippen molar-refractivity contribution < 1.29 is 9.47 Å². The third kappa shape index (κ3) is 4.33. The van der Waals surface area contributed by atoms with Crippen molar-refractivity contribution in [2.24, 2.45) is 0 Å². The minimum Gasteiger partial charge on any atom is -0.497 e. The Labute approximate surface area is 180 Å². The Morgan fingerprint density at radius 2 is 1.37 bits per heavy atom. The Bertz CT molecular complexity index is 1100. The normalized spacial score (nSPS) is 10.8. The molecule has 3 aromatic carbocycles. The molecule has 0 atom stereocenters. The number of hydrogen-bond acceptors (Lipinski definition) is 5. The molecule has 0 aliphatic heterocycles. The first-order chi connectivity index (χ1) is 14.7. The number of ether oxygens (including phenoxy) is 2. The van der Waals surface area contributed by atoms with Gasteiger partial charge in [-0.15, -0.1) is 10.2 Å². The lowest BCUT2D eigenvalue weighted by atomic mass is 10.2. The monoisotopic (exact) mass is 417 g/mol. The van der Waals surface area contributed by atoms with Crippen LogP contribution in [0, 0.1) is 6.92 Å². The van der Waals surface area contributed by atoms with Crippen LogP contribution in [0.1, 0.15) is 11.1 Å². The fourth-order valence-electron chi connectivity index (χ4n) is 3.09. The third-order valence-corrected chi connectivity index (χ3v) is 5.80. The van der Waals surface area contributed by atoms with Gasteiger partial charge in [0.05, 0.1) is 14.2 Å². The molecule has 0 bridgehead atoms. The van der Waals surface area contributed by atoms with E-state index in [2.05, 4.69) is 58.1 Å². The van der Waals surface area contributed by atoms with Crippen LogP contribution in [0.2, 0.25) is 0 Å². The number of hydrogen-bond donors (Lipinski definition) is 0. The Morgan fingerprint density at radius 1 is 0.767 bits per heavy atom. The summed E-state index contributed by atoms with van der Waals surface area (Å²) in [5.74, 6) is 3.26. The maximum Gasteiger partial charge on any atom is 0.196 e. The van der Waals surface area contributed by atoms with Gasteiger partial charge in [0, 0.05) is 17.0 Å². The molecule has 0 fully saturated rings. The molecule has 0 saturated heterocycles. The Morgan fingerprint density at radius 3 is 1.97 bits per heavy atom. The van der Waals surface area contributed by atoms with Gasteiger partial charge >= 0.3 is 0 Å². The zero-order valence-electron chi connectivity index (χ0n) is 17.2. The number of benzene rings is 3. The Hall–Kier alpha value is -3.25. The molecule has 0 N–H and O–H groups in total. The van der Waals surface area contributed by atoms with E-state index in [-0.39, 0.29) is 0 Å². The topological polar surface area (TPSA) is 49.2 Å². The molecule has 1 heterocycles. The van der Waals surface area contributed by atoms with Gasteiger partial charge in [0.15, 0.2) is 11.0 Å². The van der Waals surface area contributed by atoms with Crippen LogP contribution >= 0.6 is 11.8 Å². The van der Waals surface area contributed by atoms with E-state index >= 15 is 0 Å². The van der Waals surface area contributed by atoms with Gasteiger partial charge in [-0.1, -0.05) is 41.6 Å². The van der Waals surface area contributed by atoms with Crippen molar-refractivity contribution in [3.63, 3.8) is 0 Å².